The van der Waals surface area contributed by atoms with E-state index in [9.17, 15) is 43.4 Å². The summed E-state index contributed by atoms with van der Waals surface area (Å²) in [5.41, 5.74) is 0.909. The summed E-state index contributed by atoms with van der Waals surface area (Å²) in [7, 11) is -16.2. The molecule has 2 N–H and O–H groups in total. The number of hydrogen-bond acceptors (Lipinski definition) is 16. The Hall–Kier alpha value is -3.57. The van der Waals surface area contributed by atoms with Crippen LogP contribution < -0.4 is 25.1 Å². The predicted molar refractivity (Wildman–Crippen MR) is 167 cm³/mol. The molecular weight excluding hydrogens is 723 g/mol. The number of fused-ring (bicyclic) bond motifs is 2. The van der Waals surface area contributed by atoms with E-state index in [1.54, 1.807) is 54.6 Å². The molecule has 0 saturated carbocycles. The molecule has 0 spiro atoms. The minimum absolute atomic E-state index is 0.243. The lowest BCUT2D eigenvalue weighted by Gasteiger charge is -2.34. The van der Waals surface area contributed by atoms with Gasteiger partial charge in [0.2, 0.25) is 0 Å². The lowest BCUT2D eigenvalue weighted by atomic mass is 10.1. The maximum atomic E-state index is 13.3. The highest BCUT2D eigenvalue weighted by Gasteiger charge is 2.45. The van der Waals surface area contributed by atoms with Gasteiger partial charge < -0.3 is 43.4 Å². The molecule has 21 heteroatoms. The number of aromatic nitrogens is 3. The van der Waals surface area contributed by atoms with Gasteiger partial charge in [-0.15, -0.1) is 0 Å². The summed E-state index contributed by atoms with van der Waals surface area (Å²) >= 11 is 0. The number of aliphatic hydroxyl groups excluding tert-OH is 2. The second-order valence-corrected chi connectivity index (χ2v) is 15.4. The second-order valence-electron chi connectivity index (χ2n) is 10.9. The van der Waals surface area contributed by atoms with Gasteiger partial charge in [0, 0.05) is 18.0 Å². The number of nitrogens with zero attached hydrogens (tertiary/aromatic N) is 3. The molecule has 1 saturated heterocycles. The van der Waals surface area contributed by atoms with Gasteiger partial charge in [0.05, 0.1) is 26.0 Å². The molecule has 7 atom stereocenters. The van der Waals surface area contributed by atoms with Gasteiger partial charge >= 0.3 is 5.69 Å². The summed E-state index contributed by atoms with van der Waals surface area (Å²) in [5, 5.41) is 22.8. The van der Waals surface area contributed by atoms with Gasteiger partial charge in [-0.05, 0) is 40.6 Å². The largest absolute Gasteiger partial charge is 0.756 e. The van der Waals surface area contributed by atoms with Crippen LogP contribution in [-0.2, 0) is 42.7 Å². The minimum atomic E-state index is -6.16. The number of methoxy groups -OCH3 is 1. The molecule has 5 aromatic rings. The van der Waals surface area contributed by atoms with E-state index in [1.165, 1.54) is 31.6 Å². The van der Waals surface area contributed by atoms with Crippen molar-refractivity contribution in [3.05, 3.63) is 101 Å². The molecule has 266 valence electrons. The van der Waals surface area contributed by atoms with Crippen molar-refractivity contribution in [2.75, 3.05) is 13.7 Å². The van der Waals surface area contributed by atoms with Crippen LogP contribution in [0, 0.1) is 0 Å². The smallest absolute Gasteiger partial charge is 0.336 e. The van der Waals surface area contributed by atoms with E-state index in [2.05, 4.69) is 22.7 Å². The topological polar surface area (TPSA) is 256 Å². The standard InChI is InChI=1S/C29H30N3O15P3/c1-42-22-8-4-7-21(14-22)23-15-32-25(30-23)11-12-31(29(32)35)28-27(34)26(33)24(45-28)17-44-49(38,39)47-50(40,41)46-48(36,37)43-16-18-9-10-19-5-2-3-6-20(19)13-18/h2-15,24,26-28,33-34H,16-17H2,1H3,(H,36,37)(H,38,39)(H,40,41)/p-3/t24-,26?,27+,28-/m1/s1. The van der Waals surface area contributed by atoms with Crippen molar-refractivity contribution in [3.63, 3.8) is 0 Å². The van der Waals surface area contributed by atoms with Crippen molar-refractivity contribution < 1.29 is 65.7 Å². The normalized spacial score (nSPS) is 23.0. The van der Waals surface area contributed by atoms with E-state index in [4.69, 9.17) is 9.47 Å². The van der Waals surface area contributed by atoms with Crippen molar-refractivity contribution in [2.24, 2.45) is 0 Å². The van der Waals surface area contributed by atoms with Crippen molar-refractivity contribution in [3.8, 4) is 17.0 Å². The number of phosphoric acid groups is 3. The van der Waals surface area contributed by atoms with Gasteiger partial charge in [-0.1, -0.05) is 48.5 Å². The lowest BCUT2D eigenvalue weighted by molar-refractivity contribution is -0.252. The summed E-state index contributed by atoms with van der Waals surface area (Å²) in [4.78, 5) is 54.4. The fraction of sp³-hybridized carbons (Fsp3) is 0.241. The summed E-state index contributed by atoms with van der Waals surface area (Å²) in [6.45, 7) is -1.76. The second kappa shape index (κ2) is 14.2. The van der Waals surface area contributed by atoms with Crippen molar-refractivity contribution in [1.82, 2.24) is 14.0 Å². The third-order valence-corrected chi connectivity index (χ3v) is 11.6. The Morgan fingerprint density at radius 2 is 1.58 bits per heavy atom. The maximum absolute atomic E-state index is 13.3. The molecule has 2 aromatic heterocycles. The van der Waals surface area contributed by atoms with Crippen LogP contribution in [0.5, 0.6) is 5.75 Å². The quantitative estimate of drug-likeness (QED) is 0.162. The fourth-order valence-corrected chi connectivity index (χ4v) is 8.53. The molecule has 1 aliphatic heterocycles. The van der Waals surface area contributed by atoms with E-state index < -0.39 is 66.9 Å². The van der Waals surface area contributed by atoms with Crippen LogP contribution >= 0.6 is 23.5 Å². The molecule has 4 unspecified atom stereocenters. The summed E-state index contributed by atoms with van der Waals surface area (Å²) in [6.07, 6.45) is -4.14. The molecule has 3 heterocycles. The number of ether oxygens (including phenoxy) is 2. The number of benzene rings is 3. The zero-order valence-electron chi connectivity index (χ0n) is 25.7. The Morgan fingerprint density at radius 3 is 2.32 bits per heavy atom. The van der Waals surface area contributed by atoms with Gasteiger partial charge in [0.15, 0.2) is 6.23 Å². The van der Waals surface area contributed by atoms with E-state index in [0.717, 1.165) is 19.7 Å². The highest BCUT2D eigenvalue weighted by atomic mass is 31.3. The Balaban J connectivity index is 1.07. The molecule has 0 amide bonds. The van der Waals surface area contributed by atoms with Crippen LogP contribution in [0.3, 0.4) is 0 Å². The summed E-state index contributed by atoms with van der Waals surface area (Å²) < 4.78 is 66.3. The van der Waals surface area contributed by atoms with E-state index in [0.29, 0.717) is 22.6 Å². The van der Waals surface area contributed by atoms with Gasteiger partial charge in [0.25, 0.3) is 23.5 Å². The first-order chi connectivity index (χ1) is 23.6. The lowest BCUT2D eigenvalue weighted by Crippen LogP contribution is -2.37. The van der Waals surface area contributed by atoms with E-state index >= 15 is 0 Å². The molecule has 18 nitrogen and oxygen atoms in total. The first-order valence-corrected chi connectivity index (χ1v) is 18.9. The Kier molecular flexibility index (Phi) is 10.3. The van der Waals surface area contributed by atoms with Crippen molar-refractivity contribution >= 4 is 39.9 Å². The Morgan fingerprint density at radius 1 is 0.860 bits per heavy atom. The van der Waals surface area contributed by atoms with Crippen LogP contribution in [0.4, 0.5) is 0 Å². The van der Waals surface area contributed by atoms with E-state index in [1.807, 2.05) is 6.07 Å². The number of aliphatic hydroxyl groups is 2. The number of phosphoric ester groups is 2. The molecule has 0 radical (unpaired) electrons. The maximum Gasteiger partial charge on any atom is 0.336 e. The van der Waals surface area contributed by atoms with Crippen LogP contribution in [0.25, 0.3) is 27.7 Å². The van der Waals surface area contributed by atoms with Crippen LogP contribution in [0.15, 0.2) is 90.0 Å². The molecule has 1 aliphatic rings. The fourth-order valence-electron chi connectivity index (χ4n) is 5.17. The first kappa shape index (κ1) is 36.2. The zero-order valence-corrected chi connectivity index (χ0v) is 28.4. The number of hydrogen-bond donors (Lipinski definition) is 2. The summed E-state index contributed by atoms with van der Waals surface area (Å²) in [5.74, 6) is 0.563. The van der Waals surface area contributed by atoms with Crippen LogP contribution in [0.2, 0.25) is 0 Å². The first-order valence-electron chi connectivity index (χ1n) is 14.5. The molecule has 3 aromatic carbocycles. The monoisotopic (exact) mass is 750 g/mol. The number of imidazole rings is 1. The molecule has 50 heavy (non-hydrogen) atoms. The van der Waals surface area contributed by atoms with Crippen LogP contribution in [0.1, 0.15) is 11.8 Å². The molecule has 1 fully saturated rings. The SMILES string of the molecule is COc1cccc(-c2cn3c(=O)n([C@@H]4O[C@H](COP(=O)([O-])OP(=O)([O-])OP(=O)([O-])OCc5ccc6ccccc6c5)C(O)[C@@H]4O)ccc3n2)c1. The van der Waals surface area contributed by atoms with Crippen molar-refractivity contribution in [1.29, 1.82) is 0 Å². The number of rotatable bonds is 13. The minimum Gasteiger partial charge on any atom is -0.756 e. The van der Waals surface area contributed by atoms with Gasteiger partial charge in [-0.2, -0.15) is 0 Å². The zero-order chi connectivity index (χ0) is 35.8. The predicted octanol–water partition coefficient (Wildman–Crippen LogP) is 1.62. The molecular formula is C29H27N3O15P3-3. The van der Waals surface area contributed by atoms with Gasteiger partial charge in [0.1, 0.15) is 29.7 Å². The van der Waals surface area contributed by atoms with Crippen LogP contribution in [-0.4, -0.2) is 56.2 Å². The molecule has 6 rings (SSSR count). The third-order valence-electron chi connectivity index (χ3n) is 7.52. The highest BCUT2D eigenvalue weighted by molar-refractivity contribution is 7.65. The van der Waals surface area contributed by atoms with Crippen molar-refractivity contribution in [2.45, 2.75) is 31.1 Å². The van der Waals surface area contributed by atoms with E-state index in [-0.39, 0.29) is 5.65 Å². The Bertz CT molecular complexity index is 2240. The summed E-state index contributed by atoms with van der Waals surface area (Å²) in [6, 6.07) is 20.3. The molecule has 0 bridgehead atoms. The van der Waals surface area contributed by atoms with Gasteiger partial charge in [-0.25, -0.2) is 18.4 Å². The Labute approximate surface area is 282 Å². The highest BCUT2D eigenvalue weighted by Crippen LogP contribution is 2.63. The third kappa shape index (κ3) is 8.15. The average Bonchev–Trinajstić information content (AvgIpc) is 3.63. The van der Waals surface area contributed by atoms with Gasteiger partial charge in [-0.3, -0.25) is 22.7 Å². The average molecular weight is 750 g/mol. The molecule has 0 aliphatic carbocycles.